The second-order valence-electron chi connectivity index (χ2n) is 8.35. The maximum absolute atomic E-state index is 11.6. The maximum atomic E-state index is 11.6. The molecule has 31 heavy (non-hydrogen) atoms. The molecule has 0 fully saturated rings. The second-order valence-corrected chi connectivity index (χ2v) is 8.35. The molecule has 1 aromatic carbocycles. The number of phenolic OH excluding ortho intramolecular Hbond substituents is 1. The van der Waals surface area contributed by atoms with E-state index in [0.29, 0.717) is 13.0 Å². The Balaban J connectivity index is 2.00. The zero-order valence-corrected chi connectivity index (χ0v) is 19.3. The number of benzene rings is 1. The van der Waals surface area contributed by atoms with Gasteiger partial charge in [0.05, 0.1) is 25.9 Å². The quantitative estimate of drug-likeness (QED) is 0.239. The van der Waals surface area contributed by atoms with Crippen molar-refractivity contribution in [1.82, 2.24) is 5.32 Å². The maximum Gasteiger partial charge on any atom is 0.220 e. The Bertz CT molecular complexity index is 589. The molecule has 178 valence electrons. The summed E-state index contributed by atoms with van der Waals surface area (Å²) in [5, 5.41) is 30.4. The number of ether oxygens (including phenoxy) is 1. The predicted molar refractivity (Wildman–Crippen MR) is 124 cm³/mol. The van der Waals surface area contributed by atoms with Crippen molar-refractivity contribution in [2.24, 2.45) is 0 Å². The van der Waals surface area contributed by atoms with Gasteiger partial charge in [-0.2, -0.15) is 0 Å². The largest absolute Gasteiger partial charge is 0.508 e. The molecule has 0 bridgehead atoms. The molecular formula is C25H43NO5. The van der Waals surface area contributed by atoms with Crippen LogP contribution in [-0.4, -0.2) is 47.1 Å². The first-order valence-electron chi connectivity index (χ1n) is 12.1. The third-order valence-electron chi connectivity index (χ3n) is 5.39. The van der Waals surface area contributed by atoms with Gasteiger partial charge in [0.25, 0.3) is 0 Å². The number of hydrogen-bond acceptors (Lipinski definition) is 5. The molecule has 1 aromatic rings. The van der Waals surface area contributed by atoms with Crippen LogP contribution in [-0.2, 0) is 11.2 Å². The van der Waals surface area contributed by atoms with Gasteiger partial charge in [-0.15, -0.1) is 0 Å². The molecule has 0 aromatic heterocycles. The Kier molecular flexibility index (Phi) is 15.7. The number of carbonyl (C=O) groups is 1. The number of aryl methyl sites for hydroxylation is 1. The number of aromatic hydroxyl groups is 1. The molecule has 4 N–H and O–H groups in total. The number of amides is 1. The highest BCUT2D eigenvalue weighted by Gasteiger charge is 2.09. The Labute approximate surface area is 188 Å². The predicted octanol–water partition coefficient (Wildman–Crippen LogP) is 4.48. The number of nitrogens with one attached hydrogen (secondary N) is 1. The van der Waals surface area contributed by atoms with Crippen LogP contribution in [0.2, 0.25) is 0 Å². The monoisotopic (exact) mass is 437 g/mol. The van der Waals surface area contributed by atoms with Crippen LogP contribution in [0.5, 0.6) is 11.5 Å². The van der Waals surface area contributed by atoms with Crippen LogP contribution in [0.25, 0.3) is 0 Å². The standard InChI is InChI=1S/C25H43NO5/c1-2-3-10-13-21-16-23(29)18-24(17-21)31-15-12-9-7-5-4-6-8-11-14-25(30)26-22(19-27)20-28/h16-18,22,27-29H,2-15,19-20H2,1H3,(H,26,30). The number of unbranched alkanes of at least 4 members (excludes halogenated alkanes) is 9. The summed E-state index contributed by atoms with van der Waals surface area (Å²) in [7, 11) is 0. The summed E-state index contributed by atoms with van der Waals surface area (Å²) in [6.45, 7) is 2.39. The van der Waals surface area contributed by atoms with Crippen molar-refractivity contribution in [2.75, 3.05) is 19.8 Å². The lowest BCUT2D eigenvalue weighted by Gasteiger charge is -2.12. The van der Waals surface area contributed by atoms with E-state index in [1.165, 1.54) is 32.1 Å². The fourth-order valence-electron chi connectivity index (χ4n) is 3.54. The van der Waals surface area contributed by atoms with Crippen molar-refractivity contribution in [2.45, 2.75) is 96.4 Å². The van der Waals surface area contributed by atoms with Crippen LogP contribution in [0.3, 0.4) is 0 Å². The number of hydrogen-bond donors (Lipinski definition) is 4. The first-order chi connectivity index (χ1) is 15.1. The molecule has 6 nitrogen and oxygen atoms in total. The third-order valence-corrected chi connectivity index (χ3v) is 5.39. The first kappa shape index (κ1) is 27.2. The van der Waals surface area contributed by atoms with Crippen molar-refractivity contribution in [3.8, 4) is 11.5 Å². The normalized spacial score (nSPS) is 11.1. The average molecular weight is 438 g/mol. The van der Waals surface area contributed by atoms with Gasteiger partial charge in [-0.1, -0.05) is 58.3 Å². The van der Waals surface area contributed by atoms with E-state index in [4.69, 9.17) is 14.9 Å². The molecule has 0 atom stereocenters. The zero-order chi connectivity index (χ0) is 22.7. The minimum atomic E-state index is -0.545. The highest BCUT2D eigenvalue weighted by Crippen LogP contribution is 2.23. The SMILES string of the molecule is CCCCCc1cc(O)cc(OCCCCCCCCCCC(=O)NC(CO)CO)c1. The zero-order valence-electron chi connectivity index (χ0n) is 19.3. The molecule has 0 aliphatic rings. The van der Waals surface area contributed by atoms with Gasteiger partial charge in [0.1, 0.15) is 11.5 Å². The summed E-state index contributed by atoms with van der Waals surface area (Å²) in [4.78, 5) is 11.6. The summed E-state index contributed by atoms with van der Waals surface area (Å²) in [6.07, 6.45) is 13.6. The minimum Gasteiger partial charge on any atom is -0.508 e. The van der Waals surface area contributed by atoms with E-state index >= 15 is 0 Å². The molecule has 0 saturated heterocycles. The molecule has 0 unspecified atom stereocenters. The van der Waals surface area contributed by atoms with Gasteiger partial charge in [-0.05, 0) is 43.4 Å². The molecule has 6 heteroatoms. The summed E-state index contributed by atoms with van der Waals surface area (Å²) >= 11 is 0. The third kappa shape index (κ3) is 14.0. The van der Waals surface area contributed by atoms with Crippen LogP contribution in [0.15, 0.2) is 18.2 Å². The summed E-state index contributed by atoms with van der Waals surface area (Å²) in [6, 6.07) is 5.02. The molecule has 1 amide bonds. The summed E-state index contributed by atoms with van der Waals surface area (Å²) < 4.78 is 5.83. The van der Waals surface area contributed by atoms with Crippen LogP contribution < -0.4 is 10.1 Å². The lowest BCUT2D eigenvalue weighted by molar-refractivity contribution is -0.122. The van der Waals surface area contributed by atoms with Crippen molar-refractivity contribution in [3.05, 3.63) is 23.8 Å². The van der Waals surface area contributed by atoms with Gasteiger partial charge in [-0.3, -0.25) is 4.79 Å². The van der Waals surface area contributed by atoms with Crippen molar-refractivity contribution in [3.63, 3.8) is 0 Å². The van der Waals surface area contributed by atoms with Gasteiger partial charge in [0.15, 0.2) is 0 Å². The number of carbonyl (C=O) groups excluding carboxylic acids is 1. The Hall–Kier alpha value is -1.79. The van der Waals surface area contributed by atoms with E-state index in [-0.39, 0.29) is 24.9 Å². The number of aliphatic hydroxyl groups is 2. The van der Waals surface area contributed by atoms with Gasteiger partial charge >= 0.3 is 0 Å². The fourth-order valence-corrected chi connectivity index (χ4v) is 3.54. The number of phenols is 1. The molecule has 0 aliphatic carbocycles. The molecule has 0 radical (unpaired) electrons. The van der Waals surface area contributed by atoms with Crippen LogP contribution >= 0.6 is 0 Å². The molecule has 0 spiro atoms. The van der Waals surface area contributed by atoms with Gasteiger partial charge < -0.3 is 25.4 Å². The van der Waals surface area contributed by atoms with E-state index < -0.39 is 6.04 Å². The smallest absolute Gasteiger partial charge is 0.220 e. The fraction of sp³-hybridized carbons (Fsp3) is 0.720. The van der Waals surface area contributed by atoms with E-state index in [1.807, 2.05) is 12.1 Å². The Morgan fingerprint density at radius 1 is 0.903 bits per heavy atom. The molecule has 0 saturated carbocycles. The molecule has 1 rings (SSSR count). The van der Waals surface area contributed by atoms with Crippen molar-refractivity contribution in [1.29, 1.82) is 0 Å². The van der Waals surface area contributed by atoms with E-state index in [2.05, 4.69) is 12.2 Å². The number of rotatable bonds is 19. The lowest BCUT2D eigenvalue weighted by atomic mass is 10.1. The van der Waals surface area contributed by atoms with Crippen LogP contribution in [0, 0.1) is 0 Å². The second kappa shape index (κ2) is 17.8. The molecule has 0 aliphatic heterocycles. The van der Waals surface area contributed by atoms with E-state index in [0.717, 1.165) is 56.3 Å². The average Bonchev–Trinajstić information content (AvgIpc) is 2.75. The summed E-state index contributed by atoms with van der Waals surface area (Å²) in [5.41, 5.74) is 1.14. The Morgan fingerprint density at radius 3 is 2.19 bits per heavy atom. The van der Waals surface area contributed by atoms with E-state index in [1.54, 1.807) is 6.07 Å². The van der Waals surface area contributed by atoms with Gasteiger partial charge in [0.2, 0.25) is 5.91 Å². The number of aliphatic hydroxyl groups excluding tert-OH is 2. The van der Waals surface area contributed by atoms with Crippen molar-refractivity contribution >= 4 is 5.91 Å². The topological polar surface area (TPSA) is 99.0 Å². The van der Waals surface area contributed by atoms with E-state index in [9.17, 15) is 9.90 Å². The van der Waals surface area contributed by atoms with Crippen LogP contribution in [0.4, 0.5) is 0 Å². The molecular weight excluding hydrogens is 394 g/mol. The summed E-state index contributed by atoms with van der Waals surface area (Å²) in [5.74, 6) is 0.941. The molecule has 0 heterocycles. The van der Waals surface area contributed by atoms with Crippen LogP contribution in [0.1, 0.15) is 89.5 Å². The Morgan fingerprint density at radius 2 is 1.55 bits per heavy atom. The van der Waals surface area contributed by atoms with Gasteiger partial charge in [-0.25, -0.2) is 0 Å². The van der Waals surface area contributed by atoms with Crippen molar-refractivity contribution < 1.29 is 24.9 Å². The highest BCUT2D eigenvalue weighted by molar-refractivity contribution is 5.76. The highest BCUT2D eigenvalue weighted by atomic mass is 16.5. The van der Waals surface area contributed by atoms with Gasteiger partial charge in [0, 0.05) is 12.5 Å². The lowest BCUT2D eigenvalue weighted by Crippen LogP contribution is -2.39. The first-order valence-corrected chi connectivity index (χ1v) is 12.1. The minimum absolute atomic E-state index is 0.104.